The number of hydrogen-bond acceptors (Lipinski definition) is 3. The predicted molar refractivity (Wildman–Crippen MR) is 57.2 cm³/mol. The average molecular weight is 198 g/mol. The lowest BCUT2D eigenvalue weighted by Gasteiger charge is -2.30. The zero-order valence-corrected chi connectivity index (χ0v) is 9.04. The first kappa shape index (κ1) is 10.4. The van der Waals surface area contributed by atoms with Crippen LogP contribution in [0.5, 0.6) is 0 Å². The Kier molecular flexibility index (Phi) is 3.42. The van der Waals surface area contributed by atoms with Crippen molar-refractivity contribution < 1.29 is 4.74 Å². The van der Waals surface area contributed by atoms with E-state index in [1.807, 2.05) is 0 Å². The van der Waals surface area contributed by atoms with Crippen LogP contribution in [-0.4, -0.2) is 30.8 Å². The van der Waals surface area contributed by atoms with Crippen LogP contribution >= 0.6 is 0 Å². The molecule has 2 atom stereocenters. The largest absolute Gasteiger partial charge is 0.377 e. The Balaban J connectivity index is 1.74. The summed E-state index contributed by atoms with van der Waals surface area (Å²) in [7, 11) is 0. The van der Waals surface area contributed by atoms with E-state index in [-0.39, 0.29) is 0 Å². The fourth-order valence-corrected chi connectivity index (χ4v) is 2.54. The molecule has 1 saturated carbocycles. The standard InChI is InChI=1S/C11H22N2O/c1-8-11(6-7-14-8)13-10-4-2-9(12)3-5-10/h8-11,13H,2-7,12H2,1H3. The fourth-order valence-electron chi connectivity index (χ4n) is 2.54. The third-order valence-electron chi connectivity index (χ3n) is 3.60. The molecule has 2 aliphatic rings. The van der Waals surface area contributed by atoms with Gasteiger partial charge in [0.1, 0.15) is 0 Å². The molecule has 14 heavy (non-hydrogen) atoms. The zero-order chi connectivity index (χ0) is 9.97. The Bertz CT molecular complexity index is 178. The second-order valence-corrected chi connectivity index (χ2v) is 4.75. The van der Waals surface area contributed by atoms with Crippen molar-refractivity contribution in [3.63, 3.8) is 0 Å². The molecule has 0 bridgehead atoms. The highest BCUT2D eigenvalue weighted by atomic mass is 16.5. The van der Waals surface area contributed by atoms with Gasteiger partial charge in [0.25, 0.3) is 0 Å². The van der Waals surface area contributed by atoms with E-state index >= 15 is 0 Å². The molecule has 0 spiro atoms. The van der Waals surface area contributed by atoms with Gasteiger partial charge in [-0.05, 0) is 39.0 Å². The first-order chi connectivity index (χ1) is 6.75. The van der Waals surface area contributed by atoms with Crippen molar-refractivity contribution in [2.45, 2.75) is 63.3 Å². The number of hydrogen-bond donors (Lipinski definition) is 2. The lowest BCUT2D eigenvalue weighted by molar-refractivity contribution is 0.109. The molecule has 1 aliphatic heterocycles. The van der Waals surface area contributed by atoms with Crippen molar-refractivity contribution in [1.82, 2.24) is 5.32 Å². The SMILES string of the molecule is CC1OCCC1NC1CCC(N)CC1. The molecule has 3 N–H and O–H groups in total. The molecule has 3 heteroatoms. The van der Waals surface area contributed by atoms with E-state index in [2.05, 4.69) is 12.2 Å². The zero-order valence-electron chi connectivity index (χ0n) is 9.04. The highest BCUT2D eigenvalue weighted by Crippen LogP contribution is 2.20. The molecule has 0 aromatic carbocycles. The van der Waals surface area contributed by atoms with Gasteiger partial charge in [-0.3, -0.25) is 0 Å². The van der Waals surface area contributed by atoms with Crippen molar-refractivity contribution in [3.8, 4) is 0 Å². The molecule has 0 radical (unpaired) electrons. The number of nitrogens with two attached hydrogens (primary N) is 1. The summed E-state index contributed by atoms with van der Waals surface area (Å²) in [5.41, 5.74) is 5.88. The first-order valence-electron chi connectivity index (χ1n) is 5.89. The maximum absolute atomic E-state index is 5.88. The highest BCUT2D eigenvalue weighted by molar-refractivity contribution is 4.86. The van der Waals surface area contributed by atoms with E-state index in [0.717, 1.165) is 6.61 Å². The summed E-state index contributed by atoms with van der Waals surface area (Å²) >= 11 is 0. The van der Waals surface area contributed by atoms with Crippen LogP contribution in [0.15, 0.2) is 0 Å². The maximum atomic E-state index is 5.88. The molecule has 82 valence electrons. The van der Waals surface area contributed by atoms with Crippen molar-refractivity contribution in [3.05, 3.63) is 0 Å². The summed E-state index contributed by atoms with van der Waals surface area (Å²) in [6.45, 7) is 3.09. The molecule has 1 saturated heterocycles. The number of rotatable bonds is 2. The Morgan fingerprint density at radius 1 is 1.14 bits per heavy atom. The Hall–Kier alpha value is -0.120. The molecule has 1 aliphatic carbocycles. The minimum Gasteiger partial charge on any atom is -0.377 e. The lowest BCUT2D eigenvalue weighted by Crippen LogP contribution is -2.45. The molecule has 2 fully saturated rings. The summed E-state index contributed by atoms with van der Waals surface area (Å²) in [6, 6.07) is 1.71. The van der Waals surface area contributed by atoms with Gasteiger partial charge < -0.3 is 15.8 Å². The van der Waals surface area contributed by atoms with Gasteiger partial charge in [-0.25, -0.2) is 0 Å². The highest BCUT2D eigenvalue weighted by Gasteiger charge is 2.27. The van der Waals surface area contributed by atoms with Gasteiger partial charge in [0.05, 0.1) is 6.10 Å². The third-order valence-corrected chi connectivity index (χ3v) is 3.60. The molecule has 2 unspecified atom stereocenters. The number of ether oxygens (including phenoxy) is 1. The van der Waals surface area contributed by atoms with Gasteiger partial charge in [-0.15, -0.1) is 0 Å². The Morgan fingerprint density at radius 3 is 2.43 bits per heavy atom. The number of nitrogens with one attached hydrogen (secondary N) is 1. The normalized spacial score (nSPS) is 44.1. The predicted octanol–water partition coefficient (Wildman–Crippen LogP) is 1.02. The maximum Gasteiger partial charge on any atom is 0.0700 e. The van der Waals surface area contributed by atoms with Crippen molar-refractivity contribution in [2.24, 2.45) is 5.73 Å². The van der Waals surface area contributed by atoms with Crippen LogP contribution in [0.2, 0.25) is 0 Å². The van der Waals surface area contributed by atoms with Crippen LogP contribution in [0.1, 0.15) is 39.0 Å². The lowest BCUT2D eigenvalue weighted by atomic mass is 9.91. The molecular formula is C11H22N2O. The first-order valence-corrected chi connectivity index (χ1v) is 5.89. The summed E-state index contributed by atoms with van der Waals surface area (Å²) in [5, 5.41) is 3.71. The van der Waals surface area contributed by atoms with Crippen molar-refractivity contribution >= 4 is 0 Å². The van der Waals surface area contributed by atoms with E-state index in [9.17, 15) is 0 Å². The van der Waals surface area contributed by atoms with Crippen LogP contribution in [0.25, 0.3) is 0 Å². The smallest absolute Gasteiger partial charge is 0.0700 e. The Labute approximate surface area is 86.4 Å². The van der Waals surface area contributed by atoms with E-state index in [1.165, 1.54) is 32.1 Å². The molecule has 0 aromatic heterocycles. The van der Waals surface area contributed by atoms with Crippen LogP contribution in [0.3, 0.4) is 0 Å². The molecule has 3 nitrogen and oxygen atoms in total. The Morgan fingerprint density at radius 2 is 1.86 bits per heavy atom. The summed E-state index contributed by atoms with van der Waals surface area (Å²) in [5.74, 6) is 0. The second kappa shape index (κ2) is 4.60. The molecule has 0 amide bonds. The average Bonchev–Trinajstić information content (AvgIpc) is 2.56. The fraction of sp³-hybridized carbons (Fsp3) is 1.00. The minimum atomic E-state index is 0.394. The third kappa shape index (κ3) is 2.47. The van der Waals surface area contributed by atoms with Crippen molar-refractivity contribution in [2.75, 3.05) is 6.61 Å². The van der Waals surface area contributed by atoms with E-state index in [4.69, 9.17) is 10.5 Å². The van der Waals surface area contributed by atoms with Gasteiger partial charge in [-0.2, -0.15) is 0 Å². The summed E-state index contributed by atoms with van der Waals surface area (Å²) < 4.78 is 5.54. The minimum absolute atomic E-state index is 0.394. The van der Waals surface area contributed by atoms with E-state index < -0.39 is 0 Å². The van der Waals surface area contributed by atoms with Crippen LogP contribution < -0.4 is 11.1 Å². The van der Waals surface area contributed by atoms with Gasteiger partial charge in [0.2, 0.25) is 0 Å². The molecule has 0 aromatic rings. The molecular weight excluding hydrogens is 176 g/mol. The van der Waals surface area contributed by atoms with Gasteiger partial charge in [-0.1, -0.05) is 0 Å². The van der Waals surface area contributed by atoms with E-state index in [0.29, 0.717) is 24.2 Å². The van der Waals surface area contributed by atoms with Crippen LogP contribution in [0.4, 0.5) is 0 Å². The topological polar surface area (TPSA) is 47.3 Å². The monoisotopic (exact) mass is 198 g/mol. The molecule has 1 heterocycles. The van der Waals surface area contributed by atoms with Gasteiger partial charge >= 0.3 is 0 Å². The van der Waals surface area contributed by atoms with Crippen molar-refractivity contribution in [1.29, 1.82) is 0 Å². The van der Waals surface area contributed by atoms with Crippen LogP contribution in [0, 0.1) is 0 Å². The second-order valence-electron chi connectivity index (χ2n) is 4.75. The van der Waals surface area contributed by atoms with Gasteiger partial charge in [0.15, 0.2) is 0 Å². The summed E-state index contributed by atoms with van der Waals surface area (Å²) in [4.78, 5) is 0. The molecule has 2 rings (SSSR count). The van der Waals surface area contributed by atoms with Gasteiger partial charge in [0, 0.05) is 24.7 Å². The summed E-state index contributed by atoms with van der Waals surface area (Å²) in [6.07, 6.45) is 6.41. The van der Waals surface area contributed by atoms with Crippen LogP contribution in [-0.2, 0) is 4.74 Å². The quantitative estimate of drug-likeness (QED) is 0.696. The van der Waals surface area contributed by atoms with E-state index in [1.54, 1.807) is 0 Å².